The zero-order chi connectivity index (χ0) is 17.7. The van der Waals surface area contributed by atoms with Gasteiger partial charge in [0.25, 0.3) is 5.91 Å². The summed E-state index contributed by atoms with van der Waals surface area (Å²) in [6, 6.07) is 5.89. The average Bonchev–Trinajstić information content (AvgIpc) is 2.96. The molecule has 0 bridgehead atoms. The maximum atomic E-state index is 12.4. The van der Waals surface area contributed by atoms with Gasteiger partial charge in [-0.25, -0.2) is 9.59 Å². The molecule has 1 unspecified atom stereocenters. The molecule has 0 saturated carbocycles. The number of carbonyl (C=O) groups excluding carboxylic acids is 2. The molecule has 1 fully saturated rings. The Morgan fingerprint density at radius 3 is 2.62 bits per heavy atom. The molecule has 0 radical (unpaired) electrons. The van der Waals surface area contributed by atoms with Crippen molar-refractivity contribution in [2.24, 2.45) is 0 Å². The number of carbonyl (C=O) groups is 3. The van der Waals surface area contributed by atoms with E-state index in [4.69, 9.17) is 4.74 Å². The number of carboxylic acids is 1. The minimum Gasteiger partial charge on any atom is -0.479 e. The second kappa shape index (κ2) is 7.31. The van der Waals surface area contributed by atoms with E-state index in [1.807, 2.05) is 13.8 Å². The lowest BCUT2D eigenvalue weighted by atomic mass is 9.98. The van der Waals surface area contributed by atoms with Gasteiger partial charge in [0.15, 0.2) is 5.54 Å². The van der Waals surface area contributed by atoms with Crippen molar-refractivity contribution in [1.82, 2.24) is 10.6 Å². The van der Waals surface area contributed by atoms with Crippen LogP contribution in [0.15, 0.2) is 24.3 Å². The predicted octanol–water partition coefficient (Wildman–Crippen LogP) is 1.19. The smallest absolute Gasteiger partial charge is 0.331 e. The molecule has 1 aromatic rings. The summed E-state index contributed by atoms with van der Waals surface area (Å²) in [5.74, 6) is -1.66. The number of anilines is 1. The third kappa shape index (κ3) is 4.23. The van der Waals surface area contributed by atoms with E-state index < -0.39 is 17.4 Å². The zero-order valence-electron chi connectivity index (χ0n) is 13.6. The summed E-state index contributed by atoms with van der Waals surface area (Å²) in [7, 11) is 0. The number of aliphatic carboxylic acids is 1. The quantitative estimate of drug-likeness (QED) is 0.645. The monoisotopic (exact) mass is 335 g/mol. The number of benzene rings is 1. The van der Waals surface area contributed by atoms with Crippen LogP contribution in [0.3, 0.4) is 0 Å². The van der Waals surface area contributed by atoms with Crippen molar-refractivity contribution in [3.05, 3.63) is 29.8 Å². The molecule has 3 amide bonds. The lowest BCUT2D eigenvalue weighted by molar-refractivity contribution is -0.144. The van der Waals surface area contributed by atoms with Crippen LogP contribution in [-0.4, -0.2) is 47.8 Å². The van der Waals surface area contributed by atoms with E-state index in [9.17, 15) is 19.5 Å². The van der Waals surface area contributed by atoms with Crippen molar-refractivity contribution in [1.29, 1.82) is 0 Å². The SMILES string of the molecule is CC(C)NC(=O)Nc1cccc(C(=O)NC2(C(=O)O)CCOC2)c1. The number of ether oxygens (including phenoxy) is 1. The third-order valence-electron chi connectivity index (χ3n) is 3.59. The molecule has 8 nitrogen and oxygen atoms in total. The Morgan fingerprint density at radius 1 is 1.29 bits per heavy atom. The number of rotatable bonds is 5. The highest BCUT2D eigenvalue weighted by Gasteiger charge is 2.44. The summed E-state index contributed by atoms with van der Waals surface area (Å²) in [5.41, 5.74) is -0.715. The Kier molecular flexibility index (Phi) is 5.40. The molecule has 1 aliphatic rings. The summed E-state index contributed by atoms with van der Waals surface area (Å²) < 4.78 is 5.11. The summed E-state index contributed by atoms with van der Waals surface area (Å²) >= 11 is 0. The lowest BCUT2D eigenvalue weighted by Crippen LogP contribution is -2.55. The predicted molar refractivity (Wildman–Crippen MR) is 87.0 cm³/mol. The maximum absolute atomic E-state index is 12.4. The fourth-order valence-corrected chi connectivity index (χ4v) is 2.34. The van der Waals surface area contributed by atoms with Crippen LogP contribution in [0, 0.1) is 0 Å². The Hall–Kier alpha value is -2.61. The number of hydrogen-bond donors (Lipinski definition) is 4. The summed E-state index contributed by atoms with van der Waals surface area (Å²) in [5, 5.41) is 17.2. The van der Waals surface area contributed by atoms with Gasteiger partial charge in [0.05, 0.1) is 6.61 Å². The Morgan fingerprint density at radius 2 is 2.04 bits per heavy atom. The number of amides is 3. The van der Waals surface area contributed by atoms with E-state index in [-0.39, 0.29) is 37.3 Å². The fourth-order valence-electron chi connectivity index (χ4n) is 2.34. The molecular weight excluding hydrogens is 314 g/mol. The van der Waals surface area contributed by atoms with Crippen LogP contribution in [0.4, 0.5) is 10.5 Å². The summed E-state index contributed by atoms with van der Waals surface area (Å²) in [6.45, 7) is 3.88. The molecular formula is C16H21N3O5. The lowest BCUT2D eigenvalue weighted by Gasteiger charge is -2.23. The van der Waals surface area contributed by atoms with Gasteiger partial charge in [-0.1, -0.05) is 6.07 Å². The normalized spacial score (nSPS) is 19.8. The van der Waals surface area contributed by atoms with Crippen molar-refractivity contribution in [2.45, 2.75) is 31.8 Å². The van der Waals surface area contributed by atoms with Gasteiger partial charge < -0.3 is 25.8 Å². The Balaban J connectivity index is 2.09. The first-order valence-corrected chi connectivity index (χ1v) is 7.64. The van der Waals surface area contributed by atoms with E-state index >= 15 is 0 Å². The Labute approximate surface area is 139 Å². The van der Waals surface area contributed by atoms with Crippen molar-refractivity contribution in [3.8, 4) is 0 Å². The molecule has 0 spiro atoms. The topological polar surface area (TPSA) is 117 Å². The van der Waals surface area contributed by atoms with Gasteiger partial charge in [0.2, 0.25) is 0 Å². The second-order valence-electron chi connectivity index (χ2n) is 5.98. The highest BCUT2D eigenvalue weighted by molar-refractivity contribution is 5.99. The average molecular weight is 335 g/mol. The van der Waals surface area contributed by atoms with E-state index in [2.05, 4.69) is 16.0 Å². The van der Waals surface area contributed by atoms with Gasteiger partial charge in [-0.3, -0.25) is 4.79 Å². The van der Waals surface area contributed by atoms with Crippen LogP contribution in [0.2, 0.25) is 0 Å². The van der Waals surface area contributed by atoms with Gasteiger partial charge >= 0.3 is 12.0 Å². The molecule has 4 N–H and O–H groups in total. The van der Waals surface area contributed by atoms with Crippen LogP contribution in [0.25, 0.3) is 0 Å². The molecule has 1 atom stereocenters. The van der Waals surface area contributed by atoms with Gasteiger partial charge in [-0.05, 0) is 32.0 Å². The van der Waals surface area contributed by atoms with E-state index in [0.29, 0.717) is 5.69 Å². The first-order valence-electron chi connectivity index (χ1n) is 7.64. The molecule has 2 rings (SSSR count). The highest BCUT2D eigenvalue weighted by Crippen LogP contribution is 2.20. The van der Waals surface area contributed by atoms with Crippen LogP contribution >= 0.6 is 0 Å². The minimum absolute atomic E-state index is 0.0192. The first kappa shape index (κ1) is 17.7. The molecule has 0 aliphatic carbocycles. The van der Waals surface area contributed by atoms with Gasteiger partial charge in [-0.15, -0.1) is 0 Å². The van der Waals surface area contributed by atoms with E-state index in [0.717, 1.165) is 0 Å². The number of hydrogen-bond acceptors (Lipinski definition) is 4. The van der Waals surface area contributed by atoms with E-state index in [1.165, 1.54) is 6.07 Å². The van der Waals surface area contributed by atoms with E-state index in [1.54, 1.807) is 18.2 Å². The largest absolute Gasteiger partial charge is 0.479 e. The number of nitrogens with one attached hydrogen (secondary N) is 3. The fraction of sp³-hybridized carbons (Fsp3) is 0.438. The van der Waals surface area contributed by atoms with Crippen molar-refractivity contribution < 1.29 is 24.2 Å². The van der Waals surface area contributed by atoms with Crippen molar-refractivity contribution in [3.63, 3.8) is 0 Å². The molecule has 130 valence electrons. The molecule has 8 heteroatoms. The van der Waals surface area contributed by atoms with Crippen molar-refractivity contribution in [2.75, 3.05) is 18.5 Å². The zero-order valence-corrected chi connectivity index (χ0v) is 13.6. The summed E-state index contributed by atoms with van der Waals surface area (Å²) in [6.07, 6.45) is 0.211. The van der Waals surface area contributed by atoms with Gasteiger partial charge in [0.1, 0.15) is 0 Å². The standard InChI is InChI=1S/C16H21N3O5/c1-10(2)17-15(23)18-12-5-3-4-11(8-12)13(20)19-16(14(21)22)6-7-24-9-16/h3-5,8,10H,6-7,9H2,1-2H3,(H,19,20)(H,21,22)(H2,17,18,23). The molecule has 1 aliphatic heterocycles. The van der Waals surface area contributed by atoms with Crippen LogP contribution < -0.4 is 16.0 Å². The number of carboxylic acid groups (broad SMARTS) is 1. The second-order valence-corrected chi connectivity index (χ2v) is 5.98. The maximum Gasteiger partial charge on any atom is 0.331 e. The van der Waals surface area contributed by atoms with Gasteiger partial charge in [-0.2, -0.15) is 0 Å². The minimum atomic E-state index is -1.41. The van der Waals surface area contributed by atoms with Crippen LogP contribution in [0.5, 0.6) is 0 Å². The summed E-state index contributed by atoms with van der Waals surface area (Å²) in [4.78, 5) is 35.5. The van der Waals surface area contributed by atoms with Gasteiger partial charge in [0, 0.05) is 30.3 Å². The molecule has 0 aromatic heterocycles. The Bertz CT molecular complexity index is 638. The molecule has 24 heavy (non-hydrogen) atoms. The van der Waals surface area contributed by atoms with Crippen LogP contribution in [0.1, 0.15) is 30.6 Å². The molecule has 1 aromatic carbocycles. The number of urea groups is 1. The third-order valence-corrected chi connectivity index (χ3v) is 3.59. The molecule has 1 heterocycles. The highest BCUT2D eigenvalue weighted by atomic mass is 16.5. The molecule has 1 saturated heterocycles. The van der Waals surface area contributed by atoms with Crippen molar-refractivity contribution >= 4 is 23.6 Å². The first-order chi connectivity index (χ1) is 11.3. The van der Waals surface area contributed by atoms with Crippen LogP contribution in [-0.2, 0) is 9.53 Å².